The third-order valence-electron chi connectivity index (χ3n) is 20.9. The maximum absolute atomic E-state index is 15.2. The van der Waals surface area contributed by atoms with E-state index >= 15 is 4.79 Å². The molecule has 3 unspecified atom stereocenters. The average Bonchev–Trinajstić information content (AvgIpc) is 3.90. The van der Waals surface area contributed by atoms with E-state index in [1.165, 1.54) is 0 Å². The first-order valence-corrected chi connectivity index (χ1v) is 28.2. The fourth-order valence-corrected chi connectivity index (χ4v) is 15.5. The molecule has 8 rings (SSSR count). The monoisotopic (exact) mass is 1120 g/mol. The summed E-state index contributed by atoms with van der Waals surface area (Å²) in [6.45, 7) is 15.6. The molecule has 450 valence electrons. The van der Waals surface area contributed by atoms with Crippen LogP contribution in [0.25, 0.3) is 0 Å². The summed E-state index contributed by atoms with van der Waals surface area (Å²) in [6.07, 6.45) is -22.7. The van der Waals surface area contributed by atoms with Gasteiger partial charge in [0.1, 0.15) is 91.2 Å². The average molecular weight is 1120 g/mol. The zero-order chi connectivity index (χ0) is 57.5. The lowest BCUT2D eigenvalue weighted by Crippen LogP contribution is -2.64. The molecule has 4 aliphatic heterocycles. The van der Waals surface area contributed by atoms with Gasteiger partial charge >= 0.3 is 0 Å². The summed E-state index contributed by atoms with van der Waals surface area (Å²) in [7, 11) is 0. The molecule has 3 saturated carbocycles. The summed E-state index contributed by atoms with van der Waals surface area (Å²) in [5.41, 5.74) is -2.40. The van der Waals surface area contributed by atoms with Crippen LogP contribution in [0.1, 0.15) is 114 Å². The number of carbonyl (C=O) groups excluding carboxylic acids is 1. The molecular formula is C55H92O23. The Balaban J connectivity index is 0.910. The van der Waals surface area contributed by atoms with Crippen molar-refractivity contribution < 1.29 is 114 Å². The molecule has 14 N–H and O–H groups in total. The molecule has 4 saturated heterocycles. The molecule has 0 spiro atoms. The number of hydrogen-bond donors (Lipinski definition) is 14. The Kier molecular flexibility index (Phi) is 18.9. The van der Waals surface area contributed by atoms with Gasteiger partial charge < -0.3 is 109 Å². The van der Waals surface area contributed by atoms with E-state index in [0.29, 0.717) is 38.5 Å². The van der Waals surface area contributed by atoms with Gasteiger partial charge in [-0.15, -0.1) is 0 Å². The molecule has 0 aromatic carbocycles. The lowest BCUT2D eigenvalue weighted by Gasteiger charge is -2.65. The third kappa shape index (κ3) is 11.0. The van der Waals surface area contributed by atoms with E-state index in [2.05, 4.69) is 33.8 Å². The van der Waals surface area contributed by atoms with Gasteiger partial charge in [0, 0.05) is 23.2 Å². The Hall–Kier alpha value is -1.47. The van der Waals surface area contributed by atoms with Crippen LogP contribution in [0.5, 0.6) is 0 Å². The normalized spacial score (nSPS) is 50.5. The molecule has 23 heteroatoms. The van der Waals surface area contributed by atoms with Crippen LogP contribution in [0, 0.1) is 51.2 Å². The molecule has 23 nitrogen and oxygen atoms in total. The van der Waals surface area contributed by atoms with Crippen LogP contribution in [0.3, 0.4) is 0 Å². The second-order valence-corrected chi connectivity index (χ2v) is 26.1. The maximum Gasteiger partial charge on any atom is 0.187 e. The standard InChI is InChI=1S/C55H92O23/c1-23(10-14-35(52(5,6)70)78-50-46(69)43(66)39(62)30(76-50)21-71-47-37(60)24(2)36(59)28(19-56)73-47)25-16-17-53(7)32-13-11-26-27(55(32,9)33(58)18-54(25,53)8)12-15-34(51(26,3)4)77-49-45(68)42(65)40(63)31(75-49)22-72-48-44(67)41(64)38(61)29(20-57)74-48/h11,23-25,27-32,34-50,56-57,59-70H,10,12-22H2,1-9H3/t23-,24+,25?,27?,28-,29-,30-,31-,32?,34+,35-,36+,37-,38-,39-,40-,41+,42+,43+,44-,45-,46-,47-,48-,49+,50+,53+,54-,55+/m1/s1. The quantitative estimate of drug-likeness (QED) is 0.0718. The lowest BCUT2D eigenvalue weighted by atomic mass is 9.38. The Morgan fingerprint density at radius 1 is 0.628 bits per heavy atom. The van der Waals surface area contributed by atoms with E-state index in [0.717, 1.165) is 18.4 Å². The Bertz CT molecular complexity index is 2070. The van der Waals surface area contributed by atoms with Crippen LogP contribution in [0.15, 0.2) is 11.6 Å². The van der Waals surface area contributed by atoms with E-state index in [4.69, 9.17) is 37.9 Å². The van der Waals surface area contributed by atoms with Crippen molar-refractivity contribution in [1.29, 1.82) is 0 Å². The number of carbonyl (C=O) groups is 1. The Labute approximate surface area is 456 Å². The van der Waals surface area contributed by atoms with Crippen molar-refractivity contribution in [2.24, 2.45) is 51.2 Å². The lowest BCUT2D eigenvalue weighted by molar-refractivity contribution is -0.340. The minimum absolute atomic E-state index is 0.00944. The van der Waals surface area contributed by atoms with Gasteiger partial charge in [-0.05, 0) is 93.3 Å². The SMILES string of the molecule is C[C@@H]1[C@@H](O)[C@H](OC[C@H]2O[C@@H](O[C@H](CC[C@@H](C)C3CC[C@@]4(C)C5CC=C6C(CC[C@H](O[C@@H]7O[C@H](CO[C@@H]8O[C@H](CO)[C@@H](O)[C@H](O)[C@H]8O)[C@@H](O)[C@H](O)[C@H]7O)C6(C)C)[C@]5(C)C(=O)C[C@]34C)C(C)(C)O)[C@H](O)[C@@H](O)[C@@H]2O)O[C@H](CO)[C@H]1O. The highest BCUT2D eigenvalue weighted by Crippen LogP contribution is 2.74. The number of Topliss-reactive ketones (excluding diaryl/α,β-unsaturated/α-hetero) is 1. The highest BCUT2D eigenvalue weighted by Gasteiger charge is 2.70. The maximum atomic E-state index is 15.2. The molecule has 0 amide bonds. The van der Waals surface area contributed by atoms with Gasteiger partial charge in [-0.1, -0.05) is 60.1 Å². The summed E-state index contributed by atoms with van der Waals surface area (Å²) in [5.74, 6) is -0.455. The number of aliphatic hydroxyl groups excluding tert-OH is 13. The second kappa shape index (κ2) is 23.5. The highest BCUT2D eigenvalue weighted by molar-refractivity contribution is 5.88. The molecule has 29 atom stereocenters. The summed E-state index contributed by atoms with van der Waals surface area (Å²) >= 11 is 0. The van der Waals surface area contributed by atoms with Gasteiger partial charge in [-0.25, -0.2) is 0 Å². The minimum atomic E-state index is -1.73. The highest BCUT2D eigenvalue weighted by atomic mass is 16.7. The molecule has 78 heavy (non-hydrogen) atoms. The largest absolute Gasteiger partial charge is 0.394 e. The Morgan fingerprint density at radius 3 is 1.69 bits per heavy atom. The molecule has 0 bridgehead atoms. The van der Waals surface area contributed by atoms with Crippen molar-refractivity contribution in [1.82, 2.24) is 0 Å². The number of ketones is 1. The summed E-state index contributed by atoms with van der Waals surface area (Å²) < 4.78 is 47.2. The second-order valence-electron chi connectivity index (χ2n) is 26.1. The van der Waals surface area contributed by atoms with E-state index in [1.54, 1.807) is 20.8 Å². The zero-order valence-electron chi connectivity index (χ0n) is 46.5. The van der Waals surface area contributed by atoms with Crippen molar-refractivity contribution in [2.45, 2.75) is 248 Å². The van der Waals surface area contributed by atoms with Crippen molar-refractivity contribution >= 4 is 5.78 Å². The van der Waals surface area contributed by atoms with E-state index in [1.807, 2.05) is 13.8 Å². The molecule has 7 fully saturated rings. The van der Waals surface area contributed by atoms with E-state index in [-0.39, 0.29) is 40.3 Å². The number of hydrogen-bond acceptors (Lipinski definition) is 23. The van der Waals surface area contributed by atoms with Gasteiger partial charge in [0.15, 0.2) is 25.2 Å². The molecule has 4 heterocycles. The van der Waals surface area contributed by atoms with Crippen molar-refractivity contribution in [3.8, 4) is 0 Å². The van der Waals surface area contributed by atoms with Crippen molar-refractivity contribution in [3.05, 3.63) is 11.6 Å². The molecule has 4 aliphatic carbocycles. The Morgan fingerprint density at radius 2 is 1.13 bits per heavy atom. The van der Waals surface area contributed by atoms with Crippen LogP contribution >= 0.6 is 0 Å². The first-order chi connectivity index (χ1) is 36.4. The number of rotatable bonds is 17. The molecule has 0 aromatic rings. The fraction of sp³-hybridized carbons (Fsp3) is 0.945. The van der Waals surface area contributed by atoms with E-state index < -0.39 is 178 Å². The topological polar surface area (TPSA) is 374 Å². The molecule has 0 aromatic heterocycles. The number of aliphatic hydroxyl groups is 14. The van der Waals surface area contributed by atoms with Crippen LogP contribution in [-0.2, 0) is 42.7 Å². The number of ether oxygens (including phenoxy) is 8. The van der Waals surface area contributed by atoms with Gasteiger partial charge in [0.05, 0.1) is 50.3 Å². The fourth-order valence-electron chi connectivity index (χ4n) is 15.5. The van der Waals surface area contributed by atoms with Gasteiger partial charge in [0.25, 0.3) is 0 Å². The molecule has 8 aliphatic rings. The first kappa shape index (κ1) is 62.6. The predicted molar refractivity (Wildman–Crippen MR) is 270 cm³/mol. The van der Waals surface area contributed by atoms with Crippen LogP contribution in [-0.4, -0.2) is 238 Å². The third-order valence-corrected chi connectivity index (χ3v) is 20.9. The summed E-state index contributed by atoms with van der Waals surface area (Å²) in [5, 5.41) is 149. The van der Waals surface area contributed by atoms with Crippen LogP contribution in [0.4, 0.5) is 0 Å². The van der Waals surface area contributed by atoms with Crippen molar-refractivity contribution in [2.75, 3.05) is 26.4 Å². The number of allylic oxidation sites excluding steroid dienone is 1. The summed E-state index contributed by atoms with van der Waals surface area (Å²) in [4.78, 5) is 15.2. The van der Waals surface area contributed by atoms with Crippen LogP contribution < -0.4 is 0 Å². The molecule has 0 radical (unpaired) electrons. The first-order valence-electron chi connectivity index (χ1n) is 28.2. The van der Waals surface area contributed by atoms with E-state index in [9.17, 15) is 71.5 Å². The van der Waals surface area contributed by atoms with Crippen LogP contribution in [0.2, 0.25) is 0 Å². The zero-order valence-corrected chi connectivity index (χ0v) is 46.5. The van der Waals surface area contributed by atoms with Crippen molar-refractivity contribution in [3.63, 3.8) is 0 Å². The van der Waals surface area contributed by atoms with Gasteiger partial charge in [-0.2, -0.15) is 0 Å². The summed E-state index contributed by atoms with van der Waals surface area (Å²) in [6, 6.07) is 0. The predicted octanol–water partition coefficient (Wildman–Crippen LogP) is -1.75. The van der Waals surface area contributed by atoms with Gasteiger partial charge in [-0.3, -0.25) is 4.79 Å². The minimum Gasteiger partial charge on any atom is -0.394 e. The van der Waals surface area contributed by atoms with Gasteiger partial charge in [0.2, 0.25) is 0 Å². The number of fused-ring (bicyclic) bond motifs is 5. The smallest absolute Gasteiger partial charge is 0.187 e. The molecular weight excluding hydrogens is 1030 g/mol.